The maximum Gasteiger partial charge on any atom is 0.178 e. The SMILES string of the molecule is C=Nc1cc(Nc2ccnc3ccc(S(=O)(=O)CCC)cc23)ccc1SC. The van der Waals surface area contributed by atoms with Crippen LogP contribution in [0.4, 0.5) is 17.1 Å². The van der Waals surface area contributed by atoms with Crippen LogP contribution in [0.15, 0.2) is 63.4 Å². The molecule has 140 valence electrons. The van der Waals surface area contributed by atoms with Gasteiger partial charge in [0.2, 0.25) is 0 Å². The van der Waals surface area contributed by atoms with Gasteiger partial charge in [-0.1, -0.05) is 6.92 Å². The first-order chi connectivity index (χ1) is 13.0. The predicted octanol–water partition coefficient (Wildman–Crippen LogP) is 5.22. The van der Waals surface area contributed by atoms with Crippen LogP contribution in [0.25, 0.3) is 10.9 Å². The summed E-state index contributed by atoms with van der Waals surface area (Å²) in [4.78, 5) is 9.78. The summed E-state index contributed by atoms with van der Waals surface area (Å²) >= 11 is 1.61. The summed E-state index contributed by atoms with van der Waals surface area (Å²) in [6.45, 7) is 5.48. The molecule has 0 radical (unpaired) electrons. The van der Waals surface area contributed by atoms with E-state index in [1.54, 1.807) is 36.2 Å². The minimum atomic E-state index is -3.29. The average Bonchev–Trinajstić information content (AvgIpc) is 2.67. The smallest absolute Gasteiger partial charge is 0.178 e. The van der Waals surface area contributed by atoms with E-state index in [0.29, 0.717) is 11.3 Å². The number of sulfone groups is 1. The maximum absolute atomic E-state index is 12.4. The number of thioether (sulfide) groups is 1. The highest BCUT2D eigenvalue weighted by Gasteiger charge is 2.15. The standard InChI is InChI=1S/C20H21N3O2S2/c1-4-11-27(24,25)15-6-7-17-16(13-15)18(9-10-22-17)23-14-5-8-20(26-3)19(12-14)21-2/h5-10,12-13H,2,4,11H2,1,3H3,(H,22,23). The summed E-state index contributed by atoms with van der Waals surface area (Å²) in [5.74, 6) is 0.131. The van der Waals surface area contributed by atoms with Gasteiger partial charge in [0.1, 0.15) is 0 Å². The zero-order valence-corrected chi connectivity index (χ0v) is 16.9. The molecule has 0 aliphatic rings. The van der Waals surface area contributed by atoms with E-state index in [1.165, 1.54) is 0 Å². The van der Waals surface area contributed by atoms with Gasteiger partial charge < -0.3 is 5.32 Å². The van der Waals surface area contributed by atoms with Crippen molar-refractivity contribution in [1.82, 2.24) is 4.98 Å². The van der Waals surface area contributed by atoms with Crippen LogP contribution in [0.2, 0.25) is 0 Å². The van der Waals surface area contributed by atoms with Crippen molar-refractivity contribution >= 4 is 56.3 Å². The second-order valence-corrected chi connectivity index (χ2v) is 8.98. The van der Waals surface area contributed by atoms with Gasteiger partial charge in [0.25, 0.3) is 0 Å². The zero-order valence-electron chi connectivity index (χ0n) is 15.3. The highest BCUT2D eigenvalue weighted by molar-refractivity contribution is 7.98. The molecular formula is C20H21N3O2S2. The van der Waals surface area contributed by atoms with E-state index >= 15 is 0 Å². The van der Waals surface area contributed by atoms with Crippen LogP contribution in [0, 0.1) is 0 Å². The normalized spacial score (nSPS) is 11.5. The van der Waals surface area contributed by atoms with E-state index < -0.39 is 9.84 Å². The molecule has 1 heterocycles. The van der Waals surface area contributed by atoms with Gasteiger partial charge in [-0.2, -0.15) is 0 Å². The van der Waals surface area contributed by atoms with Crippen molar-refractivity contribution in [3.63, 3.8) is 0 Å². The van der Waals surface area contributed by atoms with Gasteiger partial charge in [0, 0.05) is 27.9 Å². The van der Waals surface area contributed by atoms with Crippen LogP contribution < -0.4 is 5.32 Å². The van der Waals surface area contributed by atoms with Crippen LogP contribution in [0.5, 0.6) is 0 Å². The number of hydrogen-bond donors (Lipinski definition) is 1. The van der Waals surface area contributed by atoms with Gasteiger partial charge in [-0.25, -0.2) is 8.42 Å². The van der Waals surface area contributed by atoms with Crippen molar-refractivity contribution in [2.45, 2.75) is 23.1 Å². The summed E-state index contributed by atoms with van der Waals surface area (Å²) in [5.41, 5.74) is 3.18. The number of pyridine rings is 1. The molecule has 0 aliphatic carbocycles. The number of aliphatic imine (C=N–C) groups is 1. The van der Waals surface area contributed by atoms with Crippen molar-refractivity contribution < 1.29 is 8.42 Å². The Bertz CT molecular complexity index is 1100. The van der Waals surface area contributed by atoms with Crippen LogP contribution in [-0.4, -0.2) is 32.1 Å². The largest absolute Gasteiger partial charge is 0.355 e. The van der Waals surface area contributed by atoms with Crippen molar-refractivity contribution in [1.29, 1.82) is 0 Å². The molecule has 5 nitrogen and oxygen atoms in total. The first-order valence-electron chi connectivity index (χ1n) is 8.52. The Morgan fingerprint density at radius 1 is 1.19 bits per heavy atom. The Morgan fingerprint density at radius 2 is 2.00 bits per heavy atom. The minimum Gasteiger partial charge on any atom is -0.355 e. The van der Waals surface area contributed by atoms with E-state index in [4.69, 9.17) is 0 Å². The van der Waals surface area contributed by atoms with Crippen molar-refractivity contribution in [3.8, 4) is 0 Å². The van der Waals surface area contributed by atoms with Gasteiger partial charge in [-0.3, -0.25) is 9.98 Å². The number of aromatic nitrogens is 1. The Kier molecular flexibility index (Phi) is 5.82. The minimum absolute atomic E-state index is 0.131. The third-order valence-corrected chi connectivity index (χ3v) is 6.88. The Labute approximate surface area is 163 Å². The molecule has 2 aromatic carbocycles. The van der Waals surface area contributed by atoms with Crippen molar-refractivity contribution in [2.75, 3.05) is 17.3 Å². The summed E-state index contributed by atoms with van der Waals surface area (Å²) in [7, 11) is -3.29. The number of rotatable bonds is 7. The highest BCUT2D eigenvalue weighted by atomic mass is 32.2. The summed E-state index contributed by atoms with van der Waals surface area (Å²) in [6.07, 6.45) is 4.28. The first kappa shape index (κ1) is 19.4. The number of nitrogens with zero attached hydrogens (tertiary/aromatic N) is 2. The van der Waals surface area contributed by atoms with E-state index in [1.807, 2.05) is 37.4 Å². The monoisotopic (exact) mass is 399 g/mol. The maximum atomic E-state index is 12.4. The molecule has 0 amide bonds. The molecule has 0 bridgehead atoms. The zero-order chi connectivity index (χ0) is 19.4. The van der Waals surface area contributed by atoms with Gasteiger partial charge in [-0.15, -0.1) is 11.8 Å². The Balaban J connectivity index is 2.05. The lowest BCUT2D eigenvalue weighted by Crippen LogP contribution is -2.06. The molecule has 27 heavy (non-hydrogen) atoms. The molecule has 0 atom stereocenters. The van der Waals surface area contributed by atoms with E-state index in [-0.39, 0.29) is 5.75 Å². The van der Waals surface area contributed by atoms with Gasteiger partial charge >= 0.3 is 0 Å². The van der Waals surface area contributed by atoms with Gasteiger partial charge in [0.05, 0.1) is 21.9 Å². The molecule has 3 rings (SSSR count). The molecule has 1 N–H and O–H groups in total. The lowest BCUT2D eigenvalue weighted by atomic mass is 10.1. The first-order valence-corrected chi connectivity index (χ1v) is 11.4. The number of anilines is 2. The third kappa shape index (κ3) is 4.14. The molecule has 0 saturated carbocycles. The average molecular weight is 400 g/mol. The molecule has 0 aliphatic heterocycles. The van der Waals surface area contributed by atoms with E-state index in [0.717, 1.165) is 32.9 Å². The number of nitrogens with one attached hydrogen (secondary N) is 1. The number of benzene rings is 2. The van der Waals surface area contributed by atoms with Crippen molar-refractivity contribution in [3.05, 3.63) is 48.7 Å². The lowest BCUT2D eigenvalue weighted by molar-refractivity contribution is 0.595. The van der Waals surface area contributed by atoms with E-state index in [9.17, 15) is 8.42 Å². The van der Waals surface area contributed by atoms with Crippen LogP contribution in [0.1, 0.15) is 13.3 Å². The molecule has 0 fully saturated rings. The summed E-state index contributed by atoms with van der Waals surface area (Å²) in [5, 5.41) is 4.11. The topological polar surface area (TPSA) is 71.4 Å². The number of hydrogen-bond acceptors (Lipinski definition) is 6. The molecule has 3 aromatic rings. The molecule has 0 unspecified atom stereocenters. The Morgan fingerprint density at radius 3 is 2.70 bits per heavy atom. The molecular weight excluding hydrogens is 378 g/mol. The molecule has 7 heteroatoms. The van der Waals surface area contributed by atoms with Crippen LogP contribution >= 0.6 is 11.8 Å². The van der Waals surface area contributed by atoms with E-state index in [2.05, 4.69) is 22.0 Å². The lowest BCUT2D eigenvalue weighted by Gasteiger charge is -2.12. The Hall–Kier alpha value is -2.38. The third-order valence-electron chi connectivity index (χ3n) is 4.17. The summed E-state index contributed by atoms with van der Waals surface area (Å²) in [6, 6.07) is 12.8. The second-order valence-electron chi connectivity index (χ2n) is 6.03. The van der Waals surface area contributed by atoms with Crippen LogP contribution in [0.3, 0.4) is 0 Å². The molecule has 1 aromatic heterocycles. The van der Waals surface area contributed by atoms with Crippen LogP contribution in [-0.2, 0) is 9.84 Å². The fraction of sp³-hybridized carbons (Fsp3) is 0.200. The van der Waals surface area contributed by atoms with Gasteiger partial charge in [-0.05, 0) is 61.9 Å². The molecule has 0 spiro atoms. The van der Waals surface area contributed by atoms with Crippen molar-refractivity contribution in [2.24, 2.45) is 4.99 Å². The quantitative estimate of drug-likeness (QED) is 0.436. The summed E-state index contributed by atoms with van der Waals surface area (Å²) < 4.78 is 24.9. The predicted molar refractivity (Wildman–Crippen MR) is 115 cm³/mol. The fourth-order valence-electron chi connectivity index (χ4n) is 2.86. The number of fused-ring (bicyclic) bond motifs is 1. The fourth-order valence-corrected chi connectivity index (χ4v) is 4.74. The molecule has 0 saturated heterocycles. The highest BCUT2D eigenvalue weighted by Crippen LogP contribution is 2.33. The van der Waals surface area contributed by atoms with Gasteiger partial charge in [0.15, 0.2) is 9.84 Å². The second kappa shape index (κ2) is 8.10.